The van der Waals surface area contributed by atoms with E-state index in [1.165, 1.54) is 32.1 Å². The maximum atomic E-state index is 6.23. The van der Waals surface area contributed by atoms with Gasteiger partial charge >= 0.3 is 0 Å². The summed E-state index contributed by atoms with van der Waals surface area (Å²) in [7, 11) is 2.18. The molecule has 1 aliphatic rings. The fourth-order valence-electron chi connectivity index (χ4n) is 2.46. The maximum absolute atomic E-state index is 6.23. The lowest BCUT2D eigenvalue weighted by Gasteiger charge is -2.31. The minimum Gasteiger partial charge on any atom is -0.377 e. The van der Waals surface area contributed by atoms with Gasteiger partial charge in [-0.1, -0.05) is 19.3 Å². The molecule has 0 heterocycles. The van der Waals surface area contributed by atoms with E-state index in [0.717, 1.165) is 13.2 Å². The molecule has 3 nitrogen and oxygen atoms in total. The molecule has 16 heavy (non-hydrogen) atoms. The van der Waals surface area contributed by atoms with Crippen LogP contribution in [0, 0.1) is 0 Å². The number of nitrogens with zero attached hydrogens (tertiary/aromatic N) is 1. The summed E-state index contributed by atoms with van der Waals surface area (Å²) in [5, 5.41) is 0. The molecule has 0 aromatic heterocycles. The number of hydrogen-bond donors (Lipinski definition) is 1. The number of hydrogen-bond acceptors (Lipinski definition) is 3. The molecule has 96 valence electrons. The third-order valence-corrected chi connectivity index (χ3v) is 3.49. The Morgan fingerprint density at radius 2 is 1.94 bits per heavy atom. The molecule has 0 bridgehead atoms. The molecule has 0 amide bonds. The van der Waals surface area contributed by atoms with Crippen LogP contribution in [0.1, 0.15) is 46.0 Å². The van der Waals surface area contributed by atoms with Crippen LogP contribution in [0.4, 0.5) is 0 Å². The van der Waals surface area contributed by atoms with Crippen molar-refractivity contribution in [3.05, 3.63) is 0 Å². The highest BCUT2D eigenvalue weighted by molar-refractivity contribution is 4.83. The molecule has 0 aromatic rings. The molecule has 2 N–H and O–H groups in total. The average Bonchev–Trinajstić information content (AvgIpc) is 2.42. The summed E-state index contributed by atoms with van der Waals surface area (Å²) in [5.41, 5.74) is 6.23. The largest absolute Gasteiger partial charge is 0.377 e. The summed E-state index contributed by atoms with van der Waals surface area (Å²) in [6.45, 7) is 5.97. The number of likely N-dealkylation sites (N-methyl/N-ethyl adjacent to an activating group) is 1. The van der Waals surface area contributed by atoms with Gasteiger partial charge in [-0.15, -0.1) is 0 Å². The van der Waals surface area contributed by atoms with Crippen molar-refractivity contribution in [2.75, 3.05) is 20.2 Å². The minimum atomic E-state index is 0.330. The number of rotatable bonds is 5. The summed E-state index contributed by atoms with van der Waals surface area (Å²) in [5.74, 6) is 0. The minimum absolute atomic E-state index is 0.330. The number of ether oxygens (including phenoxy) is 1. The van der Waals surface area contributed by atoms with E-state index in [-0.39, 0.29) is 0 Å². The highest BCUT2D eigenvalue weighted by Crippen LogP contribution is 2.20. The van der Waals surface area contributed by atoms with Gasteiger partial charge in [0.05, 0.1) is 12.7 Å². The molecule has 2 atom stereocenters. The second-order valence-electron chi connectivity index (χ2n) is 5.27. The van der Waals surface area contributed by atoms with Crippen molar-refractivity contribution in [3.63, 3.8) is 0 Å². The van der Waals surface area contributed by atoms with Gasteiger partial charge in [-0.2, -0.15) is 0 Å². The molecule has 0 aliphatic heterocycles. The van der Waals surface area contributed by atoms with Crippen molar-refractivity contribution in [1.82, 2.24) is 4.90 Å². The van der Waals surface area contributed by atoms with Crippen LogP contribution in [-0.4, -0.2) is 43.3 Å². The van der Waals surface area contributed by atoms with Gasteiger partial charge in [0, 0.05) is 18.6 Å². The Kier molecular flexibility index (Phi) is 6.32. The molecule has 0 aromatic carbocycles. The van der Waals surface area contributed by atoms with Crippen LogP contribution < -0.4 is 5.73 Å². The summed E-state index contributed by atoms with van der Waals surface area (Å²) in [4.78, 5) is 2.39. The Morgan fingerprint density at radius 3 is 2.62 bits per heavy atom. The van der Waals surface area contributed by atoms with E-state index < -0.39 is 0 Å². The first-order valence-corrected chi connectivity index (χ1v) is 6.68. The van der Waals surface area contributed by atoms with Gasteiger partial charge in [-0.05, 0) is 33.7 Å². The average molecular weight is 228 g/mol. The van der Waals surface area contributed by atoms with Gasteiger partial charge in [0.25, 0.3) is 0 Å². The highest BCUT2D eigenvalue weighted by Gasteiger charge is 2.23. The first-order chi connectivity index (χ1) is 7.61. The van der Waals surface area contributed by atoms with Crippen LogP contribution in [0.5, 0.6) is 0 Å². The molecule has 0 spiro atoms. The van der Waals surface area contributed by atoms with E-state index in [2.05, 4.69) is 25.8 Å². The topological polar surface area (TPSA) is 38.5 Å². The predicted octanol–water partition coefficient (Wildman–Crippen LogP) is 2.00. The third kappa shape index (κ3) is 4.81. The van der Waals surface area contributed by atoms with Crippen molar-refractivity contribution in [2.24, 2.45) is 5.73 Å². The Morgan fingerprint density at radius 1 is 1.25 bits per heavy atom. The van der Waals surface area contributed by atoms with Gasteiger partial charge in [-0.25, -0.2) is 0 Å². The predicted molar refractivity (Wildman–Crippen MR) is 68.6 cm³/mol. The lowest BCUT2D eigenvalue weighted by molar-refractivity contribution is 0.0522. The molecule has 0 radical (unpaired) electrons. The monoisotopic (exact) mass is 228 g/mol. The normalized spacial score (nSPS) is 27.4. The molecule has 3 heteroatoms. The molecular formula is C13H28N2O. The first-order valence-electron chi connectivity index (χ1n) is 6.68. The van der Waals surface area contributed by atoms with Crippen molar-refractivity contribution < 1.29 is 4.74 Å². The second kappa shape index (κ2) is 7.25. The van der Waals surface area contributed by atoms with Gasteiger partial charge in [0.2, 0.25) is 0 Å². The fourth-order valence-corrected chi connectivity index (χ4v) is 2.46. The third-order valence-electron chi connectivity index (χ3n) is 3.49. The number of nitrogens with two attached hydrogens (primary N) is 1. The SMILES string of the molecule is CC(C)OCCN(C)C1CCCCCC1N. The summed E-state index contributed by atoms with van der Waals surface area (Å²) < 4.78 is 5.59. The van der Waals surface area contributed by atoms with Crippen molar-refractivity contribution in [2.45, 2.75) is 64.1 Å². The molecule has 1 rings (SSSR count). The van der Waals surface area contributed by atoms with Gasteiger partial charge in [-0.3, -0.25) is 4.90 Å². The molecule has 1 saturated carbocycles. The van der Waals surface area contributed by atoms with Crippen LogP contribution >= 0.6 is 0 Å². The molecule has 0 saturated heterocycles. The van der Waals surface area contributed by atoms with Crippen LogP contribution in [0.25, 0.3) is 0 Å². The van der Waals surface area contributed by atoms with E-state index in [0.29, 0.717) is 18.2 Å². The van der Waals surface area contributed by atoms with E-state index in [9.17, 15) is 0 Å². The lowest BCUT2D eigenvalue weighted by atomic mass is 10.0. The highest BCUT2D eigenvalue weighted by atomic mass is 16.5. The van der Waals surface area contributed by atoms with E-state index in [1.54, 1.807) is 0 Å². The Hall–Kier alpha value is -0.120. The van der Waals surface area contributed by atoms with Crippen LogP contribution in [-0.2, 0) is 4.74 Å². The fraction of sp³-hybridized carbons (Fsp3) is 1.00. The van der Waals surface area contributed by atoms with Gasteiger partial charge in [0.15, 0.2) is 0 Å². The Labute approximate surface area is 100 Å². The molecule has 1 fully saturated rings. The van der Waals surface area contributed by atoms with Crippen molar-refractivity contribution in [1.29, 1.82) is 0 Å². The molecule has 2 unspecified atom stereocenters. The zero-order valence-corrected chi connectivity index (χ0v) is 11.1. The standard InChI is InChI=1S/C13H28N2O/c1-11(2)16-10-9-15(3)13-8-6-4-5-7-12(13)14/h11-13H,4-10,14H2,1-3H3. The summed E-state index contributed by atoms with van der Waals surface area (Å²) >= 11 is 0. The first kappa shape index (κ1) is 13.9. The lowest BCUT2D eigenvalue weighted by Crippen LogP contribution is -2.46. The van der Waals surface area contributed by atoms with E-state index in [4.69, 9.17) is 10.5 Å². The smallest absolute Gasteiger partial charge is 0.0596 e. The van der Waals surface area contributed by atoms with Crippen LogP contribution in [0.3, 0.4) is 0 Å². The molecular weight excluding hydrogens is 200 g/mol. The van der Waals surface area contributed by atoms with Gasteiger partial charge in [0.1, 0.15) is 0 Å². The Bertz CT molecular complexity index is 185. The zero-order valence-electron chi connectivity index (χ0n) is 11.1. The van der Waals surface area contributed by atoms with E-state index >= 15 is 0 Å². The van der Waals surface area contributed by atoms with Crippen LogP contribution in [0.2, 0.25) is 0 Å². The summed E-state index contributed by atoms with van der Waals surface area (Å²) in [6.07, 6.45) is 6.73. The van der Waals surface area contributed by atoms with Crippen molar-refractivity contribution in [3.8, 4) is 0 Å². The van der Waals surface area contributed by atoms with E-state index in [1.807, 2.05) is 0 Å². The quantitative estimate of drug-likeness (QED) is 0.732. The summed E-state index contributed by atoms with van der Waals surface area (Å²) in [6, 6.07) is 0.907. The maximum Gasteiger partial charge on any atom is 0.0596 e. The second-order valence-corrected chi connectivity index (χ2v) is 5.27. The van der Waals surface area contributed by atoms with Crippen LogP contribution in [0.15, 0.2) is 0 Å². The Balaban J connectivity index is 2.29. The molecule has 1 aliphatic carbocycles. The van der Waals surface area contributed by atoms with Gasteiger partial charge < -0.3 is 10.5 Å². The zero-order chi connectivity index (χ0) is 12.0. The van der Waals surface area contributed by atoms with Crippen molar-refractivity contribution >= 4 is 0 Å².